The van der Waals surface area contributed by atoms with Gasteiger partial charge in [-0.05, 0) is 50.1 Å². The minimum atomic E-state index is -3.43. The summed E-state index contributed by atoms with van der Waals surface area (Å²) in [6, 6.07) is 5.43. The molecule has 0 aromatic heterocycles. The van der Waals surface area contributed by atoms with E-state index < -0.39 is 27.9 Å². The molecule has 0 saturated heterocycles. The first kappa shape index (κ1) is 28.6. The van der Waals surface area contributed by atoms with Crippen LogP contribution in [0.25, 0.3) is 0 Å². The van der Waals surface area contributed by atoms with Crippen molar-refractivity contribution < 1.29 is 36.6 Å². The molecule has 0 aliphatic carbocycles. The molecular formula is C23H34FNO7S. The summed E-state index contributed by atoms with van der Waals surface area (Å²) in [5.41, 5.74) is 0. The number of carbonyl (C=O) groups excluding carboxylic acids is 2. The molecule has 186 valence electrons. The highest BCUT2D eigenvalue weighted by atomic mass is 32.2. The van der Waals surface area contributed by atoms with Gasteiger partial charge in [0.1, 0.15) is 18.2 Å². The maximum absolute atomic E-state index is 13.0. The molecule has 1 unspecified atom stereocenters. The summed E-state index contributed by atoms with van der Waals surface area (Å²) >= 11 is 0. The molecule has 0 fully saturated rings. The molecule has 1 aromatic carbocycles. The van der Waals surface area contributed by atoms with E-state index in [1.54, 1.807) is 19.1 Å². The fourth-order valence-corrected chi connectivity index (χ4v) is 3.74. The first-order valence-corrected chi connectivity index (χ1v) is 12.8. The molecule has 0 heterocycles. The smallest absolute Gasteiger partial charge is 0.305 e. The van der Waals surface area contributed by atoms with Crippen molar-refractivity contribution in [2.75, 3.05) is 32.6 Å². The summed E-state index contributed by atoms with van der Waals surface area (Å²) in [4.78, 5) is 22.7. The molecule has 8 nitrogen and oxygen atoms in total. The number of hydrogen-bond donors (Lipinski definition) is 0. The molecule has 1 atom stereocenters. The van der Waals surface area contributed by atoms with Crippen LogP contribution in [0.1, 0.15) is 46.0 Å². The van der Waals surface area contributed by atoms with Crippen molar-refractivity contribution in [2.45, 2.75) is 52.1 Å². The van der Waals surface area contributed by atoms with Gasteiger partial charge in [0.2, 0.25) is 10.0 Å². The van der Waals surface area contributed by atoms with E-state index in [-0.39, 0.29) is 19.1 Å². The number of carbonyl (C=O) groups is 2. The van der Waals surface area contributed by atoms with E-state index in [1.165, 1.54) is 35.5 Å². The van der Waals surface area contributed by atoms with Gasteiger partial charge in [-0.15, -0.1) is 0 Å². The van der Waals surface area contributed by atoms with Gasteiger partial charge in [-0.3, -0.25) is 9.59 Å². The van der Waals surface area contributed by atoms with Crippen molar-refractivity contribution in [1.29, 1.82) is 0 Å². The van der Waals surface area contributed by atoms with Gasteiger partial charge < -0.3 is 14.2 Å². The van der Waals surface area contributed by atoms with Gasteiger partial charge in [-0.1, -0.05) is 18.9 Å². The predicted molar refractivity (Wildman–Crippen MR) is 123 cm³/mol. The van der Waals surface area contributed by atoms with Crippen LogP contribution in [-0.4, -0.2) is 63.3 Å². The lowest BCUT2D eigenvalue weighted by Gasteiger charge is -2.19. The number of esters is 2. The largest absolute Gasteiger partial charge is 0.489 e. The van der Waals surface area contributed by atoms with Crippen LogP contribution in [0.4, 0.5) is 4.39 Å². The molecule has 0 spiro atoms. The highest BCUT2D eigenvalue weighted by molar-refractivity contribution is 7.88. The lowest BCUT2D eigenvalue weighted by molar-refractivity contribution is -0.145. The Hall–Kier alpha value is -2.46. The van der Waals surface area contributed by atoms with E-state index in [0.717, 1.165) is 19.1 Å². The lowest BCUT2D eigenvalue weighted by Crippen LogP contribution is -2.31. The van der Waals surface area contributed by atoms with Crippen molar-refractivity contribution >= 4 is 22.0 Å². The molecule has 0 aliphatic heterocycles. The Morgan fingerprint density at radius 3 is 2.39 bits per heavy atom. The number of halogens is 1. The van der Waals surface area contributed by atoms with Crippen LogP contribution in [0, 0.1) is 5.82 Å². The Morgan fingerprint density at radius 1 is 1.12 bits per heavy atom. The SMILES string of the molecule is CCOC(=O)CCCCCCN(C/C=C/C(COc1ccc(F)cc1)OC(C)=O)S(C)(=O)=O. The Labute approximate surface area is 195 Å². The van der Waals surface area contributed by atoms with Crippen LogP contribution in [0.15, 0.2) is 36.4 Å². The Bertz CT molecular complexity index is 856. The fraction of sp³-hybridized carbons (Fsp3) is 0.565. The predicted octanol–water partition coefficient (Wildman–Crippen LogP) is 3.47. The lowest BCUT2D eigenvalue weighted by atomic mass is 10.1. The summed E-state index contributed by atoms with van der Waals surface area (Å²) in [6.45, 7) is 3.86. The van der Waals surface area contributed by atoms with Gasteiger partial charge in [0, 0.05) is 26.4 Å². The Kier molecular flexibility index (Phi) is 13.3. The summed E-state index contributed by atoms with van der Waals surface area (Å²) in [7, 11) is -3.43. The topological polar surface area (TPSA) is 99.2 Å². The zero-order chi connectivity index (χ0) is 24.7. The van der Waals surface area contributed by atoms with E-state index in [0.29, 0.717) is 38.2 Å². The average Bonchev–Trinajstić information content (AvgIpc) is 2.73. The summed E-state index contributed by atoms with van der Waals surface area (Å²) in [5, 5.41) is 0. The van der Waals surface area contributed by atoms with Gasteiger partial charge in [0.05, 0.1) is 12.9 Å². The molecule has 0 saturated carbocycles. The van der Waals surface area contributed by atoms with Crippen LogP contribution in [0.5, 0.6) is 5.75 Å². The number of sulfonamides is 1. The zero-order valence-electron chi connectivity index (χ0n) is 19.5. The minimum Gasteiger partial charge on any atom is -0.489 e. The first-order valence-electron chi connectivity index (χ1n) is 10.9. The Balaban J connectivity index is 2.52. The standard InChI is InChI=1S/C23H34FNO7S/c1-4-30-23(27)11-7-5-6-8-16-25(33(3,28)29)17-9-10-22(32-19(2)26)18-31-21-14-12-20(24)13-15-21/h9-10,12-15,22H,4-8,11,16-18H2,1-3H3/b10-9+. The Morgan fingerprint density at radius 2 is 1.79 bits per heavy atom. The maximum atomic E-state index is 13.0. The van der Waals surface area contributed by atoms with Gasteiger partial charge in [-0.2, -0.15) is 4.31 Å². The second-order valence-corrected chi connectivity index (χ2v) is 9.41. The van der Waals surface area contributed by atoms with Gasteiger partial charge in [-0.25, -0.2) is 12.8 Å². The molecule has 0 radical (unpaired) electrons. The van der Waals surface area contributed by atoms with E-state index in [1.807, 2.05) is 0 Å². The van der Waals surface area contributed by atoms with Crippen LogP contribution in [0.2, 0.25) is 0 Å². The van der Waals surface area contributed by atoms with Crippen molar-refractivity contribution in [1.82, 2.24) is 4.31 Å². The van der Waals surface area contributed by atoms with E-state index in [2.05, 4.69) is 0 Å². The number of unbranched alkanes of at least 4 members (excludes halogenated alkanes) is 3. The molecule has 1 rings (SSSR count). The summed E-state index contributed by atoms with van der Waals surface area (Å²) in [6.07, 6.45) is 6.92. The molecular weight excluding hydrogens is 453 g/mol. The number of hydrogen-bond acceptors (Lipinski definition) is 7. The van der Waals surface area contributed by atoms with Crippen LogP contribution < -0.4 is 4.74 Å². The van der Waals surface area contributed by atoms with Gasteiger partial charge in [0.25, 0.3) is 0 Å². The second-order valence-electron chi connectivity index (χ2n) is 7.43. The molecule has 33 heavy (non-hydrogen) atoms. The van der Waals surface area contributed by atoms with E-state index in [9.17, 15) is 22.4 Å². The fourth-order valence-electron chi connectivity index (χ4n) is 2.92. The minimum absolute atomic E-state index is 0.00104. The highest BCUT2D eigenvalue weighted by Crippen LogP contribution is 2.13. The number of nitrogens with zero attached hydrogens (tertiary/aromatic N) is 1. The molecule has 0 bridgehead atoms. The third-order valence-electron chi connectivity index (χ3n) is 4.52. The van der Waals surface area contributed by atoms with E-state index >= 15 is 0 Å². The normalized spacial score (nSPS) is 12.6. The quantitative estimate of drug-likeness (QED) is 0.200. The molecule has 0 N–H and O–H groups in total. The highest BCUT2D eigenvalue weighted by Gasteiger charge is 2.15. The van der Waals surface area contributed by atoms with Gasteiger partial charge in [0.15, 0.2) is 6.10 Å². The first-order chi connectivity index (χ1) is 15.6. The average molecular weight is 488 g/mol. The number of benzene rings is 1. The number of rotatable bonds is 16. The van der Waals surface area contributed by atoms with Crippen LogP contribution >= 0.6 is 0 Å². The monoisotopic (exact) mass is 487 g/mol. The number of ether oxygens (including phenoxy) is 3. The van der Waals surface area contributed by atoms with Crippen molar-refractivity contribution in [2.24, 2.45) is 0 Å². The van der Waals surface area contributed by atoms with E-state index in [4.69, 9.17) is 14.2 Å². The van der Waals surface area contributed by atoms with Crippen LogP contribution in [0.3, 0.4) is 0 Å². The molecule has 1 aromatic rings. The third kappa shape index (κ3) is 13.6. The summed E-state index contributed by atoms with van der Waals surface area (Å²) in [5.74, 6) is -0.692. The van der Waals surface area contributed by atoms with Crippen molar-refractivity contribution in [3.63, 3.8) is 0 Å². The summed E-state index contributed by atoms with van der Waals surface area (Å²) < 4.78 is 54.1. The van der Waals surface area contributed by atoms with Gasteiger partial charge >= 0.3 is 11.9 Å². The van der Waals surface area contributed by atoms with Crippen molar-refractivity contribution in [3.8, 4) is 5.75 Å². The molecule has 0 amide bonds. The molecule has 10 heteroatoms. The maximum Gasteiger partial charge on any atom is 0.305 e. The molecule has 0 aliphatic rings. The van der Waals surface area contributed by atoms with Crippen molar-refractivity contribution in [3.05, 3.63) is 42.2 Å². The third-order valence-corrected chi connectivity index (χ3v) is 5.79. The zero-order valence-corrected chi connectivity index (χ0v) is 20.3. The van der Waals surface area contributed by atoms with Crippen LogP contribution in [-0.2, 0) is 29.1 Å². The second kappa shape index (κ2) is 15.4.